The summed E-state index contributed by atoms with van der Waals surface area (Å²) in [5.74, 6) is 1.47. The molecule has 7 nitrogen and oxygen atoms in total. The molecular formula is C20H21N5O2. The van der Waals surface area contributed by atoms with Gasteiger partial charge in [0.25, 0.3) is 0 Å². The maximum absolute atomic E-state index is 5.66. The Bertz CT molecular complexity index is 914. The molecule has 0 saturated heterocycles. The molecule has 0 saturated carbocycles. The number of rotatable bonds is 7. The van der Waals surface area contributed by atoms with Gasteiger partial charge in [-0.05, 0) is 48.4 Å². The largest absolute Gasteiger partial charge is 0.497 e. The second kappa shape index (κ2) is 7.51. The van der Waals surface area contributed by atoms with Crippen LogP contribution in [0, 0.1) is 0 Å². The lowest BCUT2D eigenvalue weighted by atomic mass is 10.1. The first-order chi connectivity index (χ1) is 13.3. The molecule has 0 bridgehead atoms. The van der Waals surface area contributed by atoms with Crippen LogP contribution in [0.25, 0.3) is 5.82 Å². The van der Waals surface area contributed by atoms with E-state index in [0.29, 0.717) is 12.3 Å². The minimum atomic E-state index is -0.883. The van der Waals surface area contributed by atoms with Crippen molar-refractivity contribution in [2.24, 2.45) is 4.99 Å². The van der Waals surface area contributed by atoms with Crippen molar-refractivity contribution in [1.82, 2.24) is 20.4 Å². The average Bonchev–Trinajstić information content (AvgIpc) is 3.43. The number of nitrogens with one attached hydrogen (secondary N) is 2. The molecule has 0 aliphatic carbocycles. The van der Waals surface area contributed by atoms with Gasteiger partial charge in [-0.15, -0.1) is 0 Å². The van der Waals surface area contributed by atoms with Crippen LogP contribution >= 0.6 is 0 Å². The lowest BCUT2D eigenvalue weighted by Crippen LogP contribution is -2.54. The molecule has 7 heteroatoms. The van der Waals surface area contributed by atoms with Crippen molar-refractivity contribution in [2.75, 3.05) is 13.7 Å². The number of benzene rings is 1. The highest BCUT2D eigenvalue weighted by Crippen LogP contribution is 2.25. The van der Waals surface area contributed by atoms with Gasteiger partial charge in [0, 0.05) is 25.2 Å². The zero-order valence-electron chi connectivity index (χ0n) is 15.0. The van der Waals surface area contributed by atoms with E-state index >= 15 is 0 Å². The molecule has 0 spiro atoms. The first kappa shape index (κ1) is 17.1. The smallest absolute Gasteiger partial charge is 0.246 e. The predicted molar refractivity (Wildman–Crippen MR) is 103 cm³/mol. The molecule has 138 valence electrons. The number of aliphatic imine (C=N–C) groups is 1. The van der Waals surface area contributed by atoms with Crippen molar-refractivity contribution >= 4 is 12.0 Å². The number of allylic oxidation sites excluding steroid dienone is 1. The van der Waals surface area contributed by atoms with Crippen molar-refractivity contribution in [3.05, 3.63) is 78.5 Å². The number of furan rings is 1. The minimum Gasteiger partial charge on any atom is -0.497 e. The zero-order chi connectivity index (χ0) is 18.5. The van der Waals surface area contributed by atoms with E-state index in [0.717, 1.165) is 18.0 Å². The van der Waals surface area contributed by atoms with E-state index < -0.39 is 5.79 Å². The Kier molecular flexibility index (Phi) is 4.76. The maximum Gasteiger partial charge on any atom is 0.246 e. The van der Waals surface area contributed by atoms with Crippen LogP contribution in [0.1, 0.15) is 11.3 Å². The number of nitrogens with zero attached hydrogens (tertiary/aromatic N) is 3. The van der Waals surface area contributed by atoms with Crippen molar-refractivity contribution in [3.8, 4) is 5.75 Å². The predicted octanol–water partition coefficient (Wildman–Crippen LogP) is 2.60. The Balaban J connectivity index is 1.50. The third kappa shape index (κ3) is 3.63. The topological polar surface area (TPSA) is 76.6 Å². The number of hydrogen-bond donors (Lipinski definition) is 2. The first-order valence-corrected chi connectivity index (χ1v) is 8.75. The molecule has 1 unspecified atom stereocenters. The van der Waals surface area contributed by atoms with Crippen LogP contribution < -0.4 is 15.4 Å². The number of methoxy groups -OCH3 is 1. The van der Waals surface area contributed by atoms with Crippen LogP contribution in [0.5, 0.6) is 5.75 Å². The number of ether oxygens (including phenoxy) is 1. The molecule has 3 aromatic rings. The summed E-state index contributed by atoms with van der Waals surface area (Å²) in [6, 6.07) is 13.7. The molecular weight excluding hydrogens is 342 g/mol. The molecule has 1 aromatic carbocycles. The maximum atomic E-state index is 5.66. The third-order valence-corrected chi connectivity index (χ3v) is 4.39. The van der Waals surface area contributed by atoms with Gasteiger partial charge in [-0.3, -0.25) is 5.32 Å². The molecule has 2 N–H and O–H groups in total. The van der Waals surface area contributed by atoms with E-state index in [2.05, 4.69) is 32.9 Å². The molecule has 1 aliphatic rings. The quantitative estimate of drug-likeness (QED) is 0.675. The van der Waals surface area contributed by atoms with Gasteiger partial charge < -0.3 is 14.5 Å². The Morgan fingerprint density at radius 2 is 2.11 bits per heavy atom. The van der Waals surface area contributed by atoms with Crippen LogP contribution in [0.15, 0.2) is 76.6 Å². The fraction of sp³-hybridized carbons (Fsp3) is 0.200. The summed E-state index contributed by atoms with van der Waals surface area (Å²) < 4.78 is 12.6. The summed E-state index contributed by atoms with van der Waals surface area (Å²) in [6.07, 6.45) is 9.73. The van der Waals surface area contributed by atoms with Gasteiger partial charge in [0.2, 0.25) is 5.79 Å². The minimum absolute atomic E-state index is 0.686. The highest BCUT2D eigenvalue weighted by molar-refractivity contribution is 5.80. The summed E-state index contributed by atoms with van der Waals surface area (Å²) in [5, 5.41) is 11.2. The van der Waals surface area contributed by atoms with Crippen LogP contribution in [-0.4, -0.2) is 29.6 Å². The Morgan fingerprint density at radius 3 is 2.81 bits per heavy atom. The van der Waals surface area contributed by atoms with Crippen LogP contribution in [0.3, 0.4) is 0 Å². The van der Waals surface area contributed by atoms with Gasteiger partial charge in [-0.1, -0.05) is 12.1 Å². The monoisotopic (exact) mass is 363 g/mol. The van der Waals surface area contributed by atoms with Crippen LogP contribution in [0.4, 0.5) is 0 Å². The Morgan fingerprint density at radius 1 is 1.22 bits per heavy atom. The number of aromatic nitrogens is 2. The second-order valence-electron chi connectivity index (χ2n) is 6.12. The van der Waals surface area contributed by atoms with Crippen molar-refractivity contribution in [2.45, 2.75) is 12.2 Å². The normalized spacial score (nSPS) is 18.8. The van der Waals surface area contributed by atoms with Gasteiger partial charge >= 0.3 is 0 Å². The van der Waals surface area contributed by atoms with Gasteiger partial charge in [-0.2, -0.15) is 5.10 Å². The van der Waals surface area contributed by atoms with E-state index in [1.54, 1.807) is 30.5 Å². The summed E-state index contributed by atoms with van der Waals surface area (Å²) in [7, 11) is 1.67. The third-order valence-electron chi connectivity index (χ3n) is 4.39. The fourth-order valence-corrected chi connectivity index (χ4v) is 2.99. The van der Waals surface area contributed by atoms with Gasteiger partial charge in [0.15, 0.2) is 5.76 Å². The lowest BCUT2D eigenvalue weighted by Gasteiger charge is -2.33. The van der Waals surface area contributed by atoms with E-state index in [1.165, 1.54) is 5.56 Å². The van der Waals surface area contributed by atoms with E-state index in [1.807, 2.05) is 42.6 Å². The summed E-state index contributed by atoms with van der Waals surface area (Å²) in [6.45, 7) is 0.698. The molecule has 0 fully saturated rings. The van der Waals surface area contributed by atoms with Crippen molar-refractivity contribution in [1.29, 1.82) is 0 Å². The van der Waals surface area contributed by atoms with E-state index in [9.17, 15) is 0 Å². The standard InChI is InChI=1S/C20H21N5O2/c1-26-17-7-5-16(6-8-17)9-12-21-20(18-4-2-15-27-18)22-13-10-19(24-20)25-14-3-11-23-25/h2-8,10-11,13-15,21,24H,9,12H2,1H3. The van der Waals surface area contributed by atoms with Gasteiger partial charge in [0.1, 0.15) is 11.6 Å². The highest BCUT2D eigenvalue weighted by Gasteiger charge is 2.36. The highest BCUT2D eigenvalue weighted by atomic mass is 16.5. The van der Waals surface area contributed by atoms with E-state index in [-0.39, 0.29) is 0 Å². The molecule has 1 atom stereocenters. The van der Waals surface area contributed by atoms with Gasteiger partial charge in [0.05, 0.1) is 13.4 Å². The summed E-state index contributed by atoms with van der Waals surface area (Å²) >= 11 is 0. The van der Waals surface area contributed by atoms with Crippen molar-refractivity contribution < 1.29 is 9.15 Å². The molecule has 4 rings (SSSR count). The molecule has 2 aromatic heterocycles. The summed E-state index contributed by atoms with van der Waals surface area (Å²) in [5.41, 5.74) is 1.21. The summed E-state index contributed by atoms with van der Waals surface area (Å²) in [4.78, 5) is 4.64. The Labute approximate surface area is 157 Å². The zero-order valence-corrected chi connectivity index (χ0v) is 15.0. The van der Waals surface area contributed by atoms with E-state index in [4.69, 9.17) is 9.15 Å². The molecule has 27 heavy (non-hydrogen) atoms. The van der Waals surface area contributed by atoms with Crippen molar-refractivity contribution in [3.63, 3.8) is 0 Å². The number of hydrogen-bond acceptors (Lipinski definition) is 6. The SMILES string of the molecule is COc1ccc(CCNC2(c3ccco3)N=CC=C(n3cccn3)N2)cc1. The van der Waals surface area contributed by atoms with Crippen LogP contribution in [-0.2, 0) is 12.2 Å². The fourth-order valence-electron chi connectivity index (χ4n) is 2.99. The molecule has 3 heterocycles. The molecule has 0 radical (unpaired) electrons. The van der Waals surface area contributed by atoms with Crippen LogP contribution in [0.2, 0.25) is 0 Å². The lowest BCUT2D eigenvalue weighted by molar-refractivity contribution is 0.250. The molecule has 0 amide bonds. The molecule has 1 aliphatic heterocycles. The van der Waals surface area contributed by atoms with Gasteiger partial charge in [-0.25, -0.2) is 9.67 Å². The Hall–Kier alpha value is -3.32. The average molecular weight is 363 g/mol. The first-order valence-electron chi connectivity index (χ1n) is 8.75. The second-order valence-corrected chi connectivity index (χ2v) is 6.12.